The van der Waals surface area contributed by atoms with Gasteiger partial charge in [0.1, 0.15) is 5.69 Å². The van der Waals surface area contributed by atoms with E-state index in [9.17, 15) is 4.79 Å². The first-order valence-electron chi connectivity index (χ1n) is 5.99. The lowest BCUT2D eigenvalue weighted by atomic mass is 9.93. The molecule has 0 amide bonds. The summed E-state index contributed by atoms with van der Waals surface area (Å²) in [6, 6.07) is 2.06. The number of ketones is 1. The van der Waals surface area contributed by atoms with E-state index in [1.54, 1.807) is 0 Å². The third kappa shape index (κ3) is 2.23. The summed E-state index contributed by atoms with van der Waals surface area (Å²) in [5.41, 5.74) is 3.82. The number of fused-ring (bicyclic) bond motifs is 1. The van der Waals surface area contributed by atoms with E-state index in [-0.39, 0.29) is 5.78 Å². The molecule has 0 spiro atoms. The largest absolute Gasteiger partial charge is 0.371 e. The zero-order valence-corrected chi connectivity index (χ0v) is 10.5. The van der Waals surface area contributed by atoms with Gasteiger partial charge in [-0.2, -0.15) is 0 Å². The van der Waals surface area contributed by atoms with Crippen LogP contribution in [0.25, 0.3) is 0 Å². The van der Waals surface area contributed by atoms with Crippen LogP contribution in [0, 0.1) is 6.92 Å². The summed E-state index contributed by atoms with van der Waals surface area (Å²) in [5.74, 6) is 0.184. The molecule has 0 atom stereocenters. The van der Waals surface area contributed by atoms with Gasteiger partial charge in [0.15, 0.2) is 5.78 Å². The molecular formula is C14H18N2O. The van der Waals surface area contributed by atoms with Crippen molar-refractivity contribution in [1.29, 1.82) is 0 Å². The fraction of sp³-hybridized carbons (Fsp3) is 0.429. The number of aryl methyl sites for hydroxylation is 1. The Labute approximate surface area is 102 Å². The lowest BCUT2D eigenvalue weighted by molar-refractivity contribution is 0.0967. The maximum absolute atomic E-state index is 11.9. The topological polar surface area (TPSA) is 33.2 Å². The van der Waals surface area contributed by atoms with Crippen LogP contribution in [0.1, 0.15) is 34.6 Å². The Morgan fingerprint density at radius 2 is 2.29 bits per heavy atom. The Morgan fingerprint density at radius 1 is 1.53 bits per heavy atom. The molecule has 2 rings (SSSR count). The average molecular weight is 230 g/mol. The van der Waals surface area contributed by atoms with Gasteiger partial charge < -0.3 is 4.90 Å². The van der Waals surface area contributed by atoms with Crippen LogP contribution in [0.4, 0.5) is 5.69 Å². The molecule has 1 aliphatic carbocycles. The predicted molar refractivity (Wildman–Crippen MR) is 69.7 cm³/mol. The molecule has 3 heteroatoms. The average Bonchev–Trinajstić information content (AvgIpc) is 2.30. The summed E-state index contributed by atoms with van der Waals surface area (Å²) >= 11 is 0. The van der Waals surface area contributed by atoms with E-state index in [0.29, 0.717) is 12.1 Å². The van der Waals surface area contributed by atoms with Crippen molar-refractivity contribution in [3.63, 3.8) is 0 Å². The summed E-state index contributed by atoms with van der Waals surface area (Å²) in [5, 5.41) is 0. The molecule has 3 nitrogen and oxygen atoms in total. The number of carbonyl (C=O) groups is 1. The van der Waals surface area contributed by atoms with E-state index < -0.39 is 0 Å². The second-order valence-corrected chi connectivity index (χ2v) is 4.56. The van der Waals surface area contributed by atoms with Crippen LogP contribution < -0.4 is 4.90 Å². The Morgan fingerprint density at radius 3 is 3.00 bits per heavy atom. The number of anilines is 1. The summed E-state index contributed by atoms with van der Waals surface area (Å²) in [4.78, 5) is 18.4. The predicted octanol–water partition coefficient (Wildman–Crippen LogP) is 2.53. The van der Waals surface area contributed by atoms with Gasteiger partial charge in [0.25, 0.3) is 0 Å². The van der Waals surface area contributed by atoms with E-state index in [4.69, 9.17) is 0 Å². The number of hydrogen-bond acceptors (Lipinski definition) is 3. The van der Waals surface area contributed by atoms with Gasteiger partial charge >= 0.3 is 0 Å². The van der Waals surface area contributed by atoms with E-state index in [1.165, 1.54) is 0 Å². The Bertz CT molecular complexity index is 466. The fourth-order valence-corrected chi connectivity index (χ4v) is 2.34. The minimum Gasteiger partial charge on any atom is -0.371 e. The molecule has 0 saturated carbocycles. The Hall–Kier alpha value is -1.64. The number of likely N-dealkylation sites (N-methyl/N-ethyl adjacent to an activating group) is 1. The van der Waals surface area contributed by atoms with Crippen molar-refractivity contribution < 1.29 is 4.79 Å². The van der Waals surface area contributed by atoms with Gasteiger partial charge in [-0.1, -0.05) is 6.08 Å². The van der Waals surface area contributed by atoms with Gasteiger partial charge in [0.2, 0.25) is 0 Å². The summed E-state index contributed by atoms with van der Waals surface area (Å²) in [7, 11) is 2.02. The molecule has 0 bridgehead atoms. The van der Waals surface area contributed by atoms with Gasteiger partial charge in [-0.25, -0.2) is 4.98 Å². The molecule has 0 fully saturated rings. The van der Waals surface area contributed by atoms with Crippen LogP contribution in [0.3, 0.4) is 0 Å². The van der Waals surface area contributed by atoms with Crippen LogP contribution in [-0.4, -0.2) is 24.4 Å². The zero-order valence-electron chi connectivity index (χ0n) is 10.5. The molecule has 0 saturated heterocycles. The molecule has 1 aromatic heterocycles. The number of nitrogens with zero attached hydrogens (tertiary/aromatic N) is 2. The van der Waals surface area contributed by atoms with Crippen molar-refractivity contribution in [2.24, 2.45) is 0 Å². The monoisotopic (exact) mass is 230 g/mol. The normalized spacial score (nSPS) is 14.4. The number of Topliss-reactive ketones (excluding diaryl/α,β-unsaturated/α-hetero) is 1. The molecule has 17 heavy (non-hydrogen) atoms. The molecule has 1 aromatic rings. The summed E-state index contributed by atoms with van der Waals surface area (Å²) in [6.07, 6.45) is 4.39. The van der Waals surface area contributed by atoms with Crippen molar-refractivity contribution in [2.45, 2.75) is 26.2 Å². The van der Waals surface area contributed by atoms with Gasteiger partial charge in [0, 0.05) is 37.0 Å². The first-order valence-corrected chi connectivity index (χ1v) is 5.99. The zero-order chi connectivity index (χ0) is 12.4. The SMILES string of the molecule is C=CCN(C)c1cc(C)nc2c1CCCC2=O. The number of rotatable bonds is 3. The molecular weight excluding hydrogens is 212 g/mol. The van der Waals surface area contributed by atoms with Crippen LogP contribution in [0.5, 0.6) is 0 Å². The maximum atomic E-state index is 11.9. The summed E-state index contributed by atoms with van der Waals surface area (Å²) < 4.78 is 0. The third-order valence-corrected chi connectivity index (χ3v) is 3.14. The van der Waals surface area contributed by atoms with Crippen molar-refractivity contribution >= 4 is 11.5 Å². The highest BCUT2D eigenvalue weighted by atomic mass is 16.1. The van der Waals surface area contributed by atoms with Crippen molar-refractivity contribution in [3.8, 4) is 0 Å². The molecule has 90 valence electrons. The van der Waals surface area contributed by atoms with E-state index in [0.717, 1.165) is 36.3 Å². The van der Waals surface area contributed by atoms with Crippen LogP contribution in [-0.2, 0) is 6.42 Å². The molecule has 1 heterocycles. The highest BCUT2D eigenvalue weighted by Gasteiger charge is 2.23. The fourth-order valence-electron chi connectivity index (χ4n) is 2.34. The molecule has 0 aromatic carbocycles. The van der Waals surface area contributed by atoms with E-state index >= 15 is 0 Å². The second kappa shape index (κ2) is 4.70. The first-order chi connectivity index (χ1) is 8.13. The second-order valence-electron chi connectivity index (χ2n) is 4.56. The lowest BCUT2D eigenvalue weighted by Gasteiger charge is -2.25. The van der Waals surface area contributed by atoms with Gasteiger partial charge in [-0.3, -0.25) is 4.79 Å². The maximum Gasteiger partial charge on any atom is 0.181 e. The van der Waals surface area contributed by atoms with Gasteiger partial charge in [-0.15, -0.1) is 6.58 Å². The number of hydrogen-bond donors (Lipinski definition) is 0. The van der Waals surface area contributed by atoms with Gasteiger partial charge in [-0.05, 0) is 25.8 Å². The Kier molecular flexibility index (Phi) is 3.27. The highest BCUT2D eigenvalue weighted by molar-refractivity contribution is 5.98. The van der Waals surface area contributed by atoms with Crippen LogP contribution >= 0.6 is 0 Å². The smallest absolute Gasteiger partial charge is 0.181 e. The summed E-state index contributed by atoms with van der Waals surface area (Å²) in [6.45, 7) is 6.47. The number of aromatic nitrogens is 1. The van der Waals surface area contributed by atoms with Crippen molar-refractivity contribution in [1.82, 2.24) is 4.98 Å². The molecule has 0 unspecified atom stereocenters. The molecule has 0 radical (unpaired) electrons. The quantitative estimate of drug-likeness (QED) is 0.748. The first kappa shape index (κ1) is 11.8. The standard InChI is InChI=1S/C14H18N2O/c1-4-8-16(3)12-9-10(2)15-14-11(12)6-5-7-13(14)17/h4,9H,1,5-8H2,2-3H3. The molecule has 0 aliphatic heterocycles. The number of carbonyl (C=O) groups excluding carboxylic acids is 1. The van der Waals surface area contributed by atoms with E-state index in [2.05, 4.69) is 22.5 Å². The van der Waals surface area contributed by atoms with Crippen molar-refractivity contribution in [2.75, 3.05) is 18.5 Å². The van der Waals surface area contributed by atoms with Crippen LogP contribution in [0.2, 0.25) is 0 Å². The third-order valence-electron chi connectivity index (χ3n) is 3.14. The molecule has 1 aliphatic rings. The molecule has 0 N–H and O–H groups in total. The van der Waals surface area contributed by atoms with Crippen molar-refractivity contribution in [3.05, 3.63) is 35.7 Å². The highest BCUT2D eigenvalue weighted by Crippen LogP contribution is 2.29. The lowest BCUT2D eigenvalue weighted by Crippen LogP contribution is -2.23. The Balaban J connectivity index is 2.51. The minimum absolute atomic E-state index is 0.184. The van der Waals surface area contributed by atoms with Crippen LogP contribution in [0.15, 0.2) is 18.7 Å². The van der Waals surface area contributed by atoms with E-state index in [1.807, 2.05) is 20.0 Å². The van der Waals surface area contributed by atoms with Gasteiger partial charge in [0.05, 0.1) is 0 Å². The minimum atomic E-state index is 0.184. The number of pyridine rings is 1.